The first kappa shape index (κ1) is 25.1. The SMILES string of the molecule is Cc1cc2cc(n1)-c1cnn(C)c1OCCC[C@@H](C1CC1)CN1/C(=N/C2=O)Nc2cc(N[C@@H]3CCOC3)ccc21. The van der Waals surface area contributed by atoms with Gasteiger partial charge in [0.1, 0.15) is 0 Å². The summed E-state index contributed by atoms with van der Waals surface area (Å²) in [7, 11) is 1.87. The van der Waals surface area contributed by atoms with E-state index in [1.165, 1.54) is 12.8 Å². The first-order valence-electron chi connectivity index (χ1n) is 14.3. The number of hydrogen-bond acceptors (Lipinski definition) is 8. The number of nitrogens with one attached hydrogen (secondary N) is 2. The fourth-order valence-electron chi connectivity index (χ4n) is 6.08. The monoisotopic (exact) mass is 541 g/mol. The molecular formula is C30H35N7O3. The number of hydrogen-bond donors (Lipinski definition) is 2. The van der Waals surface area contributed by atoms with Gasteiger partial charge in [0.2, 0.25) is 11.8 Å². The summed E-state index contributed by atoms with van der Waals surface area (Å²) in [5.74, 6) is 2.11. The number of fused-ring (bicyclic) bond motifs is 7. The topological polar surface area (TPSA) is 106 Å². The number of aryl methyl sites for hydroxylation is 2. The first-order chi connectivity index (χ1) is 19.5. The molecule has 1 amide bonds. The number of aromatic nitrogens is 3. The van der Waals surface area contributed by atoms with Crippen molar-refractivity contribution in [1.29, 1.82) is 0 Å². The van der Waals surface area contributed by atoms with E-state index >= 15 is 0 Å². The summed E-state index contributed by atoms with van der Waals surface area (Å²) < 4.78 is 13.5. The van der Waals surface area contributed by atoms with Crippen LogP contribution in [0.2, 0.25) is 0 Å². The lowest BCUT2D eigenvalue weighted by Crippen LogP contribution is -2.36. The summed E-state index contributed by atoms with van der Waals surface area (Å²) in [6, 6.07) is 10.2. The summed E-state index contributed by atoms with van der Waals surface area (Å²) in [6.45, 7) is 4.80. The van der Waals surface area contributed by atoms with E-state index in [-0.39, 0.29) is 5.91 Å². The second-order valence-corrected chi connectivity index (χ2v) is 11.4. The molecular weight excluding hydrogens is 506 g/mol. The van der Waals surface area contributed by atoms with Crippen LogP contribution in [0.25, 0.3) is 11.3 Å². The largest absolute Gasteiger partial charge is 0.477 e. The maximum absolute atomic E-state index is 13.6. The average molecular weight is 542 g/mol. The van der Waals surface area contributed by atoms with E-state index in [2.05, 4.69) is 43.8 Å². The molecule has 10 heteroatoms. The molecule has 2 fully saturated rings. The lowest BCUT2D eigenvalue weighted by Gasteiger charge is -2.25. The Morgan fingerprint density at radius 2 is 1.98 bits per heavy atom. The third kappa shape index (κ3) is 4.92. The van der Waals surface area contributed by atoms with Gasteiger partial charge in [0.05, 0.1) is 48.1 Å². The number of carbonyl (C=O) groups is 1. The second kappa shape index (κ2) is 10.2. The molecule has 3 aromatic rings. The number of ether oxygens (including phenoxy) is 2. The van der Waals surface area contributed by atoms with Crippen LogP contribution in [-0.2, 0) is 11.8 Å². The quantitative estimate of drug-likeness (QED) is 0.495. The standard InChI is InChI=1S/C30H35N7O3/c1-18-12-21-13-25(32-18)24-15-31-36(2)29(24)40-10-3-4-20(19-5-6-19)16-37-27-8-7-22(33-23-9-11-39-17-23)14-26(27)34-30(37)35-28(21)38/h7-8,12-15,19-20,23,33H,3-6,9-11,16-17H2,1-2H3,(H,34,35,38)/t20-,23-/m1/s1. The van der Waals surface area contributed by atoms with E-state index in [1.54, 1.807) is 23.0 Å². The highest BCUT2D eigenvalue weighted by molar-refractivity contribution is 6.19. The lowest BCUT2D eigenvalue weighted by molar-refractivity contribution is 0.100. The molecule has 7 rings (SSSR count). The maximum Gasteiger partial charge on any atom is 0.280 e. The zero-order valence-electron chi connectivity index (χ0n) is 23.0. The smallest absolute Gasteiger partial charge is 0.280 e. The predicted octanol–water partition coefficient (Wildman–Crippen LogP) is 4.62. The van der Waals surface area contributed by atoms with Gasteiger partial charge in [0.25, 0.3) is 5.91 Å². The summed E-state index contributed by atoms with van der Waals surface area (Å²) in [5.41, 5.74) is 5.71. The highest BCUT2D eigenvalue weighted by Crippen LogP contribution is 2.43. The van der Waals surface area contributed by atoms with Crippen molar-refractivity contribution in [2.24, 2.45) is 23.9 Å². The third-order valence-electron chi connectivity index (χ3n) is 8.32. The van der Waals surface area contributed by atoms with E-state index in [4.69, 9.17) is 14.5 Å². The van der Waals surface area contributed by atoms with Crippen LogP contribution in [0, 0.1) is 18.8 Å². The van der Waals surface area contributed by atoms with Crippen molar-refractivity contribution in [3.8, 4) is 17.1 Å². The minimum atomic E-state index is -0.308. The molecule has 1 aromatic carbocycles. The van der Waals surface area contributed by atoms with Gasteiger partial charge < -0.3 is 25.0 Å². The van der Waals surface area contributed by atoms with Gasteiger partial charge in [-0.15, -0.1) is 0 Å². The fourth-order valence-corrected chi connectivity index (χ4v) is 6.08. The Morgan fingerprint density at radius 3 is 2.80 bits per heavy atom. The van der Waals surface area contributed by atoms with Gasteiger partial charge in [0, 0.05) is 37.1 Å². The maximum atomic E-state index is 13.6. The van der Waals surface area contributed by atoms with Crippen molar-refractivity contribution in [2.45, 2.75) is 45.1 Å². The molecule has 4 aliphatic rings. The number of amides is 1. The van der Waals surface area contributed by atoms with Crippen molar-refractivity contribution in [3.63, 3.8) is 0 Å². The Kier molecular flexibility index (Phi) is 6.42. The van der Waals surface area contributed by atoms with Crippen LogP contribution in [0.15, 0.2) is 41.5 Å². The van der Waals surface area contributed by atoms with Gasteiger partial charge in [-0.3, -0.25) is 9.78 Å². The molecule has 0 unspecified atom stereocenters. The van der Waals surface area contributed by atoms with E-state index in [9.17, 15) is 4.79 Å². The van der Waals surface area contributed by atoms with Gasteiger partial charge >= 0.3 is 0 Å². The zero-order chi connectivity index (χ0) is 27.2. The molecule has 40 heavy (non-hydrogen) atoms. The normalized spacial score (nSPS) is 24.0. The van der Waals surface area contributed by atoms with Crippen LogP contribution >= 0.6 is 0 Å². The highest BCUT2D eigenvalue weighted by Gasteiger charge is 2.36. The number of pyridine rings is 1. The first-order valence-corrected chi connectivity index (χ1v) is 14.3. The molecule has 5 heterocycles. The van der Waals surface area contributed by atoms with Crippen molar-refractivity contribution in [2.75, 3.05) is 41.9 Å². The van der Waals surface area contributed by atoms with Gasteiger partial charge in [-0.05, 0) is 81.2 Å². The molecule has 2 atom stereocenters. The number of rotatable bonds is 3. The molecule has 1 saturated heterocycles. The zero-order valence-corrected chi connectivity index (χ0v) is 23.0. The van der Waals surface area contributed by atoms with Crippen LogP contribution in [0.4, 0.5) is 17.1 Å². The Balaban J connectivity index is 1.27. The van der Waals surface area contributed by atoms with Gasteiger partial charge in [-0.25, -0.2) is 4.68 Å². The molecule has 208 valence electrons. The number of anilines is 3. The van der Waals surface area contributed by atoms with Crippen LogP contribution in [-0.4, -0.2) is 59.0 Å². The summed E-state index contributed by atoms with van der Waals surface area (Å²) in [5, 5.41) is 11.5. The van der Waals surface area contributed by atoms with Gasteiger partial charge in [-0.2, -0.15) is 10.1 Å². The Morgan fingerprint density at radius 1 is 1.07 bits per heavy atom. The van der Waals surface area contributed by atoms with Crippen molar-refractivity contribution in [1.82, 2.24) is 14.8 Å². The van der Waals surface area contributed by atoms with Gasteiger partial charge in [-0.1, -0.05) is 0 Å². The molecule has 2 aromatic heterocycles. The second-order valence-electron chi connectivity index (χ2n) is 11.4. The summed E-state index contributed by atoms with van der Waals surface area (Å²) >= 11 is 0. The molecule has 1 saturated carbocycles. The molecule has 3 aliphatic heterocycles. The minimum Gasteiger partial charge on any atom is -0.477 e. The van der Waals surface area contributed by atoms with Crippen molar-refractivity contribution >= 4 is 28.9 Å². The van der Waals surface area contributed by atoms with Crippen LogP contribution in [0.3, 0.4) is 0 Å². The molecule has 2 N–H and O–H groups in total. The predicted molar refractivity (Wildman–Crippen MR) is 154 cm³/mol. The lowest BCUT2D eigenvalue weighted by atomic mass is 9.97. The molecule has 0 radical (unpaired) electrons. The third-order valence-corrected chi connectivity index (χ3v) is 8.32. The molecule has 0 spiro atoms. The number of benzene rings is 1. The summed E-state index contributed by atoms with van der Waals surface area (Å²) in [4.78, 5) is 25.2. The van der Waals surface area contributed by atoms with Crippen LogP contribution in [0.1, 0.15) is 48.2 Å². The van der Waals surface area contributed by atoms with Crippen molar-refractivity contribution in [3.05, 3.63) is 47.8 Å². The molecule has 1 aliphatic carbocycles. The highest BCUT2D eigenvalue weighted by atomic mass is 16.5. The van der Waals surface area contributed by atoms with E-state index in [0.29, 0.717) is 47.6 Å². The van der Waals surface area contributed by atoms with Gasteiger partial charge in [0.15, 0.2) is 0 Å². The van der Waals surface area contributed by atoms with Crippen LogP contribution < -0.4 is 20.3 Å². The van der Waals surface area contributed by atoms with E-state index < -0.39 is 0 Å². The molecule has 10 nitrogen and oxygen atoms in total. The fraction of sp³-hybridized carbons (Fsp3) is 0.467. The molecule has 2 bridgehead atoms. The Bertz CT molecular complexity index is 1470. The van der Waals surface area contributed by atoms with Crippen LogP contribution in [0.5, 0.6) is 5.88 Å². The van der Waals surface area contributed by atoms with E-state index in [1.807, 2.05) is 14.0 Å². The summed E-state index contributed by atoms with van der Waals surface area (Å²) in [6.07, 6.45) is 7.22. The van der Waals surface area contributed by atoms with E-state index in [0.717, 1.165) is 67.3 Å². The number of nitrogens with zero attached hydrogens (tertiary/aromatic N) is 5. The minimum absolute atomic E-state index is 0.308. The number of guanidine groups is 1. The Hall–Kier alpha value is -3.92. The van der Waals surface area contributed by atoms with Crippen molar-refractivity contribution < 1.29 is 14.3 Å². The number of aliphatic imine (C=N–C) groups is 1. The average Bonchev–Trinajstić information content (AvgIpc) is 3.38. The Labute approximate surface area is 233 Å². The number of carbonyl (C=O) groups excluding carboxylic acids is 1.